The normalized spacial score (nSPS) is 12.4. The van der Waals surface area contributed by atoms with Gasteiger partial charge in [-0.05, 0) is 66.5 Å². The molecule has 0 unspecified atom stereocenters. The molecule has 0 saturated heterocycles. The Kier molecular flexibility index (Phi) is 6.92. The van der Waals surface area contributed by atoms with Crippen molar-refractivity contribution in [1.82, 2.24) is 0 Å². The summed E-state index contributed by atoms with van der Waals surface area (Å²) < 4.78 is 23.4. The Morgan fingerprint density at radius 1 is 1.00 bits per heavy atom. The van der Waals surface area contributed by atoms with Crippen LogP contribution in [-0.4, -0.2) is 30.6 Å². The van der Waals surface area contributed by atoms with Gasteiger partial charge in [0.1, 0.15) is 5.78 Å². The Bertz CT molecular complexity index is 989. The number of aliphatic hydroxyl groups is 1. The first-order valence-electron chi connectivity index (χ1n) is 8.12. The molecule has 2 rings (SSSR count). The van der Waals surface area contributed by atoms with Crippen molar-refractivity contribution in [2.24, 2.45) is 0 Å². The lowest BCUT2D eigenvalue weighted by Crippen LogP contribution is -2.06. The van der Waals surface area contributed by atoms with Crippen LogP contribution in [0.1, 0.15) is 30.9 Å². The molecule has 0 amide bonds. The summed E-state index contributed by atoms with van der Waals surface area (Å²) in [6, 6.07) is 13.3. The van der Waals surface area contributed by atoms with E-state index in [4.69, 9.17) is 23.8 Å². The monoisotopic (exact) mass is 422 g/mol. The molecule has 27 heavy (non-hydrogen) atoms. The van der Waals surface area contributed by atoms with E-state index in [2.05, 4.69) is 0 Å². The van der Waals surface area contributed by atoms with Gasteiger partial charge in [-0.15, -0.1) is 0 Å². The molecule has 0 aromatic heterocycles. The molecule has 0 spiro atoms. The van der Waals surface area contributed by atoms with Crippen molar-refractivity contribution in [3.63, 3.8) is 0 Å². The van der Waals surface area contributed by atoms with Crippen LogP contribution in [0.5, 0.6) is 0 Å². The molecule has 0 aliphatic heterocycles. The zero-order chi connectivity index (χ0) is 20.2. The average molecular weight is 423 g/mol. The van der Waals surface area contributed by atoms with Gasteiger partial charge in [0, 0.05) is 23.3 Å². The number of carbonyl (C=O) groups excluding carboxylic acids is 1. The third-order valence-electron chi connectivity index (χ3n) is 3.99. The number of halogens is 1. The first-order chi connectivity index (χ1) is 12.6. The summed E-state index contributed by atoms with van der Waals surface area (Å²) in [5, 5.41) is 10.4. The fraction of sp³-hybridized carbons (Fsp3) is 0.200. The summed E-state index contributed by atoms with van der Waals surface area (Å²) >= 11 is 11.0. The van der Waals surface area contributed by atoms with Crippen LogP contribution in [0.2, 0.25) is 5.02 Å². The zero-order valence-corrected chi connectivity index (χ0v) is 17.3. The summed E-state index contributed by atoms with van der Waals surface area (Å²) in [6.45, 7) is 1.47. The highest BCUT2D eigenvalue weighted by molar-refractivity contribution is 7.90. The van der Waals surface area contributed by atoms with Gasteiger partial charge in [-0.2, -0.15) is 0 Å². The molecule has 0 atom stereocenters. The summed E-state index contributed by atoms with van der Waals surface area (Å²) in [4.78, 5) is 11.6. The van der Waals surface area contributed by atoms with E-state index in [1.54, 1.807) is 36.4 Å². The van der Waals surface area contributed by atoms with E-state index < -0.39 is 9.84 Å². The topological polar surface area (TPSA) is 71.4 Å². The number of ketones is 1. The highest BCUT2D eigenvalue weighted by atomic mass is 35.5. The minimum atomic E-state index is -3.33. The van der Waals surface area contributed by atoms with Crippen molar-refractivity contribution in [2.75, 3.05) is 6.26 Å². The van der Waals surface area contributed by atoms with Gasteiger partial charge in [0.15, 0.2) is 14.9 Å². The van der Waals surface area contributed by atoms with Gasteiger partial charge in [0.2, 0.25) is 0 Å². The number of Topliss-reactive ketones (excluding diaryl/α,β-unsaturated/α-hetero) is 1. The van der Waals surface area contributed by atoms with Crippen molar-refractivity contribution in [3.8, 4) is 0 Å². The molecular weight excluding hydrogens is 404 g/mol. The lowest BCUT2D eigenvalue weighted by Gasteiger charge is -2.15. The average Bonchev–Trinajstić information content (AvgIpc) is 2.58. The quantitative estimate of drug-likeness (QED) is 0.512. The third kappa shape index (κ3) is 5.73. The molecular formula is C20H19ClO4S2. The SMILES string of the molecule is CC(=O)CC/C(C(O)=S)=C(/c1ccc(Cl)cc1)c1ccc(S(C)(=O)=O)cc1. The lowest BCUT2D eigenvalue weighted by molar-refractivity contribution is -0.116. The number of hydrogen-bond acceptors (Lipinski definition) is 4. The van der Waals surface area contributed by atoms with E-state index >= 15 is 0 Å². The number of thiocarbonyl (C=S) groups is 1. The molecule has 0 aliphatic rings. The standard InChI is InChI=1S/C20H19ClO4S2/c1-13(22)3-12-18(20(23)26)19(14-4-8-16(21)9-5-14)15-6-10-17(11-7-15)27(2,24)25/h4-11H,3,12H2,1-2H3,(H,23,26)/b19-18+. The highest BCUT2D eigenvalue weighted by Gasteiger charge is 2.17. The second-order valence-electron chi connectivity index (χ2n) is 6.16. The third-order valence-corrected chi connectivity index (χ3v) is 5.62. The van der Waals surface area contributed by atoms with Crippen molar-refractivity contribution < 1.29 is 18.3 Å². The molecule has 0 aliphatic carbocycles. The van der Waals surface area contributed by atoms with Gasteiger partial charge >= 0.3 is 0 Å². The first kappa shape index (κ1) is 21.3. The number of aliphatic hydroxyl groups excluding tert-OH is 1. The molecule has 0 radical (unpaired) electrons. The second kappa shape index (κ2) is 8.78. The molecule has 0 fully saturated rings. The molecule has 0 saturated carbocycles. The van der Waals surface area contributed by atoms with Crippen LogP contribution in [0, 0.1) is 0 Å². The van der Waals surface area contributed by atoms with Crippen LogP contribution in [-0.2, 0) is 14.6 Å². The highest BCUT2D eigenvalue weighted by Crippen LogP contribution is 2.31. The largest absolute Gasteiger partial charge is 0.499 e. The van der Waals surface area contributed by atoms with Crippen LogP contribution in [0.3, 0.4) is 0 Å². The predicted octanol–water partition coefficient (Wildman–Crippen LogP) is 4.80. The number of hydrogen-bond donors (Lipinski definition) is 1. The molecule has 7 heteroatoms. The Hall–Kier alpha value is -2.02. The van der Waals surface area contributed by atoms with Gasteiger partial charge in [-0.25, -0.2) is 8.42 Å². The van der Waals surface area contributed by atoms with Gasteiger partial charge in [-0.3, -0.25) is 0 Å². The lowest BCUT2D eigenvalue weighted by atomic mass is 9.91. The molecule has 4 nitrogen and oxygen atoms in total. The van der Waals surface area contributed by atoms with E-state index in [1.165, 1.54) is 19.1 Å². The number of benzene rings is 2. The maximum atomic E-state index is 11.7. The van der Waals surface area contributed by atoms with Crippen molar-refractivity contribution in [1.29, 1.82) is 0 Å². The van der Waals surface area contributed by atoms with Crippen LogP contribution in [0.25, 0.3) is 5.57 Å². The van der Waals surface area contributed by atoms with E-state index in [9.17, 15) is 18.3 Å². The van der Waals surface area contributed by atoms with Crippen LogP contribution >= 0.6 is 23.8 Å². The first-order valence-corrected chi connectivity index (χ1v) is 10.8. The summed E-state index contributed by atoms with van der Waals surface area (Å²) in [7, 11) is -3.33. The van der Waals surface area contributed by atoms with Gasteiger partial charge in [-0.1, -0.05) is 35.9 Å². The maximum Gasteiger partial charge on any atom is 0.185 e. The maximum absolute atomic E-state index is 11.7. The molecule has 2 aromatic rings. The minimum Gasteiger partial charge on any atom is -0.499 e. The van der Waals surface area contributed by atoms with E-state index in [0.717, 1.165) is 11.8 Å². The van der Waals surface area contributed by atoms with Crippen LogP contribution < -0.4 is 0 Å². The smallest absolute Gasteiger partial charge is 0.185 e. The summed E-state index contributed by atoms with van der Waals surface area (Å²) in [5.74, 6) is -0.0216. The summed E-state index contributed by atoms with van der Waals surface area (Å²) in [6.07, 6.45) is 1.64. The molecule has 2 aromatic carbocycles. The minimum absolute atomic E-state index is 0.0216. The second-order valence-corrected chi connectivity index (χ2v) is 9.00. The van der Waals surface area contributed by atoms with Crippen molar-refractivity contribution >= 4 is 50.1 Å². The number of rotatable bonds is 7. The number of carbonyl (C=O) groups is 1. The fourth-order valence-electron chi connectivity index (χ4n) is 2.64. The fourth-order valence-corrected chi connectivity index (χ4v) is 3.60. The Morgan fingerprint density at radius 3 is 1.89 bits per heavy atom. The van der Waals surface area contributed by atoms with Gasteiger partial charge in [0.05, 0.1) is 4.90 Å². The molecule has 1 N–H and O–H groups in total. The van der Waals surface area contributed by atoms with E-state index in [0.29, 0.717) is 21.7 Å². The molecule has 142 valence electrons. The number of sulfone groups is 1. The Balaban J connectivity index is 2.68. The van der Waals surface area contributed by atoms with E-state index in [1.807, 2.05) is 0 Å². The van der Waals surface area contributed by atoms with Crippen molar-refractivity contribution in [3.05, 3.63) is 70.3 Å². The summed E-state index contributed by atoms with van der Waals surface area (Å²) in [5.41, 5.74) is 2.52. The Labute approximate surface area is 169 Å². The molecule has 0 heterocycles. The predicted molar refractivity (Wildman–Crippen MR) is 112 cm³/mol. The van der Waals surface area contributed by atoms with Crippen LogP contribution in [0.4, 0.5) is 0 Å². The Morgan fingerprint density at radius 2 is 1.48 bits per heavy atom. The molecule has 0 bridgehead atoms. The van der Waals surface area contributed by atoms with E-state index in [-0.39, 0.29) is 28.6 Å². The van der Waals surface area contributed by atoms with Gasteiger partial charge < -0.3 is 9.90 Å². The van der Waals surface area contributed by atoms with Crippen molar-refractivity contribution in [2.45, 2.75) is 24.7 Å². The van der Waals surface area contributed by atoms with Gasteiger partial charge in [0.25, 0.3) is 0 Å². The van der Waals surface area contributed by atoms with Crippen LogP contribution in [0.15, 0.2) is 59.0 Å². The zero-order valence-electron chi connectivity index (χ0n) is 14.9.